The Morgan fingerprint density at radius 1 is 1.54 bits per heavy atom. The molecule has 0 bridgehead atoms. The number of methoxy groups -OCH3 is 1. The first kappa shape index (κ1) is 10.1. The quantitative estimate of drug-likeness (QED) is 0.813. The van der Waals surface area contributed by atoms with Crippen molar-refractivity contribution in [3.05, 3.63) is 28.2 Å². The second-order valence-corrected chi connectivity index (χ2v) is 3.47. The van der Waals surface area contributed by atoms with Gasteiger partial charge in [-0.2, -0.15) is 5.26 Å². The Morgan fingerprint density at radius 3 is 2.92 bits per heavy atom. The molecule has 1 aromatic rings. The van der Waals surface area contributed by atoms with Gasteiger partial charge in [0.1, 0.15) is 5.75 Å². The summed E-state index contributed by atoms with van der Waals surface area (Å²) in [4.78, 5) is 0. The molecule has 0 aliphatic carbocycles. The van der Waals surface area contributed by atoms with Gasteiger partial charge in [-0.15, -0.1) is 0 Å². The largest absolute Gasteiger partial charge is 0.497 e. The summed E-state index contributed by atoms with van der Waals surface area (Å²) in [7, 11) is 1.64. The third kappa shape index (κ3) is 2.74. The Kier molecular flexibility index (Phi) is 3.78. The topological polar surface area (TPSA) is 33.0 Å². The van der Waals surface area contributed by atoms with Crippen LogP contribution >= 0.6 is 15.9 Å². The molecule has 2 nitrogen and oxygen atoms in total. The molecule has 0 amide bonds. The lowest BCUT2D eigenvalue weighted by Gasteiger charge is -2.04. The molecule has 0 atom stereocenters. The first-order valence-electron chi connectivity index (χ1n) is 3.97. The first-order valence-corrected chi connectivity index (χ1v) is 4.76. The fourth-order valence-corrected chi connectivity index (χ4v) is 1.51. The molecule has 0 unspecified atom stereocenters. The summed E-state index contributed by atoms with van der Waals surface area (Å²) in [5.41, 5.74) is 1.11. The SMILES string of the molecule is COc1ccc(Br)c(CCC#N)c1. The van der Waals surface area contributed by atoms with Crippen molar-refractivity contribution in [1.29, 1.82) is 5.26 Å². The van der Waals surface area contributed by atoms with Crippen molar-refractivity contribution >= 4 is 15.9 Å². The van der Waals surface area contributed by atoms with Gasteiger partial charge in [-0.05, 0) is 30.2 Å². The van der Waals surface area contributed by atoms with Crippen molar-refractivity contribution in [2.24, 2.45) is 0 Å². The molecule has 0 spiro atoms. The highest BCUT2D eigenvalue weighted by atomic mass is 79.9. The molecule has 0 aliphatic heterocycles. The van der Waals surface area contributed by atoms with E-state index in [-0.39, 0.29) is 0 Å². The predicted octanol–water partition coefficient (Wildman–Crippen LogP) is 2.91. The number of nitrogens with zero attached hydrogens (tertiary/aromatic N) is 1. The minimum atomic E-state index is 0.533. The average molecular weight is 240 g/mol. The van der Waals surface area contributed by atoms with E-state index in [0.29, 0.717) is 6.42 Å². The van der Waals surface area contributed by atoms with Crippen LogP contribution in [0.15, 0.2) is 22.7 Å². The Morgan fingerprint density at radius 2 is 2.31 bits per heavy atom. The van der Waals surface area contributed by atoms with Crippen molar-refractivity contribution in [2.45, 2.75) is 12.8 Å². The van der Waals surface area contributed by atoms with Gasteiger partial charge < -0.3 is 4.74 Å². The Labute approximate surface area is 86.3 Å². The Balaban J connectivity index is 2.85. The zero-order valence-electron chi connectivity index (χ0n) is 7.38. The molecule has 0 aromatic heterocycles. The van der Waals surface area contributed by atoms with Gasteiger partial charge in [-0.1, -0.05) is 15.9 Å². The third-order valence-electron chi connectivity index (χ3n) is 1.76. The zero-order valence-corrected chi connectivity index (χ0v) is 8.97. The number of nitriles is 1. The zero-order chi connectivity index (χ0) is 9.68. The van der Waals surface area contributed by atoms with Crippen LogP contribution in [0.2, 0.25) is 0 Å². The summed E-state index contributed by atoms with van der Waals surface area (Å²) in [6.07, 6.45) is 1.29. The third-order valence-corrected chi connectivity index (χ3v) is 2.53. The van der Waals surface area contributed by atoms with E-state index in [2.05, 4.69) is 22.0 Å². The molecule has 68 valence electrons. The molecule has 1 rings (SSSR count). The van der Waals surface area contributed by atoms with E-state index in [4.69, 9.17) is 10.00 Å². The number of rotatable bonds is 3. The molecule has 1 aromatic carbocycles. The van der Waals surface area contributed by atoms with Crippen LogP contribution in [0.1, 0.15) is 12.0 Å². The van der Waals surface area contributed by atoms with Crippen LogP contribution in [0.4, 0.5) is 0 Å². The van der Waals surface area contributed by atoms with Gasteiger partial charge in [0.15, 0.2) is 0 Å². The van der Waals surface area contributed by atoms with Crippen LogP contribution in [0.3, 0.4) is 0 Å². The van der Waals surface area contributed by atoms with E-state index in [1.807, 2.05) is 18.2 Å². The number of benzene rings is 1. The average Bonchev–Trinajstić information content (AvgIpc) is 2.17. The summed E-state index contributed by atoms with van der Waals surface area (Å²) >= 11 is 3.42. The molecule has 0 fully saturated rings. The molecule has 0 saturated carbocycles. The van der Waals surface area contributed by atoms with Gasteiger partial charge in [0, 0.05) is 10.9 Å². The Hall–Kier alpha value is -1.01. The van der Waals surface area contributed by atoms with Crippen LogP contribution in [-0.2, 0) is 6.42 Å². The van der Waals surface area contributed by atoms with Crippen molar-refractivity contribution in [3.8, 4) is 11.8 Å². The predicted molar refractivity (Wildman–Crippen MR) is 54.6 cm³/mol. The highest BCUT2D eigenvalue weighted by Crippen LogP contribution is 2.23. The Bertz CT molecular complexity index is 330. The maximum Gasteiger partial charge on any atom is 0.119 e. The summed E-state index contributed by atoms with van der Waals surface area (Å²) in [6.45, 7) is 0. The molecule has 0 N–H and O–H groups in total. The monoisotopic (exact) mass is 239 g/mol. The summed E-state index contributed by atoms with van der Waals surface area (Å²) in [6, 6.07) is 7.89. The highest BCUT2D eigenvalue weighted by Gasteiger charge is 2.01. The highest BCUT2D eigenvalue weighted by molar-refractivity contribution is 9.10. The van der Waals surface area contributed by atoms with Crippen LogP contribution in [0, 0.1) is 11.3 Å². The van der Waals surface area contributed by atoms with Gasteiger partial charge in [0.25, 0.3) is 0 Å². The van der Waals surface area contributed by atoms with Gasteiger partial charge in [0.05, 0.1) is 13.2 Å². The number of halogens is 1. The first-order chi connectivity index (χ1) is 6.27. The second kappa shape index (κ2) is 4.88. The van der Waals surface area contributed by atoms with Gasteiger partial charge in [0.2, 0.25) is 0 Å². The summed E-state index contributed by atoms with van der Waals surface area (Å²) in [5, 5.41) is 8.45. The van der Waals surface area contributed by atoms with E-state index >= 15 is 0 Å². The molecule has 3 heteroatoms. The smallest absolute Gasteiger partial charge is 0.119 e. The summed E-state index contributed by atoms with van der Waals surface area (Å²) in [5.74, 6) is 0.830. The van der Waals surface area contributed by atoms with E-state index < -0.39 is 0 Å². The van der Waals surface area contributed by atoms with Gasteiger partial charge >= 0.3 is 0 Å². The maximum atomic E-state index is 8.45. The molecule has 0 heterocycles. The fourth-order valence-electron chi connectivity index (χ4n) is 1.06. The maximum absolute atomic E-state index is 8.45. The number of hydrogen-bond acceptors (Lipinski definition) is 2. The molecule has 0 aliphatic rings. The molecule has 13 heavy (non-hydrogen) atoms. The van der Waals surface area contributed by atoms with Crippen LogP contribution in [-0.4, -0.2) is 7.11 Å². The molecular formula is C10H10BrNO. The van der Waals surface area contributed by atoms with Crippen molar-refractivity contribution in [3.63, 3.8) is 0 Å². The van der Waals surface area contributed by atoms with Crippen molar-refractivity contribution in [2.75, 3.05) is 7.11 Å². The number of ether oxygens (including phenoxy) is 1. The molecular weight excluding hydrogens is 230 g/mol. The van der Waals surface area contributed by atoms with Crippen LogP contribution < -0.4 is 4.74 Å². The molecule has 0 radical (unpaired) electrons. The minimum Gasteiger partial charge on any atom is -0.497 e. The standard InChI is InChI=1S/C10H10BrNO/c1-13-9-4-5-10(11)8(7-9)3-2-6-12/h4-5,7H,2-3H2,1H3. The van der Waals surface area contributed by atoms with E-state index in [1.54, 1.807) is 7.11 Å². The van der Waals surface area contributed by atoms with Crippen molar-refractivity contribution < 1.29 is 4.74 Å². The molecule has 0 saturated heterocycles. The normalized spacial score (nSPS) is 9.31. The fraction of sp³-hybridized carbons (Fsp3) is 0.300. The van der Waals surface area contributed by atoms with Crippen molar-refractivity contribution in [1.82, 2.24) is 0 Å². The van der Waals surface area contributed by atoms with E-state index in [9.17, 15) is 0 Å². The second-order valence-electron chi connectivity index (χ2n) is 2.62. The minimum absolute atomic E-state index is 0.533. The van der Waals surface area contributed by atoms with Crippen LogP contribution in [0.5, 0.6) is 5.75 Å². The van der Waals surface area contributed by atoms with E-state index in [1.165, 1.54) is 0 Å². The lowest BCUT2D eigenvalue weighted by Crippen LogP contribution is -1.89. The van der Waals surface area contributed by atoms with Gasteiger partial charge in [-0.3, -0.25) is 0 Å². The number of aryl methyl sites for hydroxylation is 1. The van der Waals surface area contributed by atoms with Gasteiger partial charge in [-0.25, -0.2) is 0 Å². The number of hydrogen-bond donors (Lipinski definition) is 0. The van der Waals surface area contributed by atoms with E-state index in [0.717, 1.165) is 22.2 Å². The lowest BCUT2D eigenvalue weighted by molar-refractivity contribution is 0.414. The lowest BCUT2D eigenvalue weighted by atomic mass is 10.1. The summed E-state index contributed by atoms with van der Waals surface area (Å²) < 4.78 is 6.12. The van der Waals surface area contributed by atoms with Crippen LogP contribution in [0.25, 0.3) is 0 Å².